The van der Waals surface area contributed by atoms with Crippen LogP contribution in [0.1, 0.15) is 19.4 Å². The lowest BCUT2D eigenvalue weighted by Gasteiger charge is -2.19. The summed E-state index contributed by atoms with van der Waals surface area (Å²) in [6, 6.07) is 7.13. The van der Waals surface area contributed by atoms with Crippen LogP contribution >= 0.6 is 0 Å². The van der Waals surface area contributed by atoms with Crippen LogP contribution in [0.5, 0.6) is 5.75 Å². The fourth-order valence-electron chi connectivity index (χ4n) is 1.85. The number of hydrogen-bond acceptors (Lipinski definition) is 4. The van der Waals surface area contributed by atoms with Crippen molar-refractivity contribution in [1.29, 1.82) is 0 Å². The molecule has 0 aliphatic rings. The van der Waals surface area contributed by atoms with Gasteiger partial charge in [-0.3, -0.25) is 9.59 Å². The maximum absolute atomic E-state index is 12.0. The summed E-state index contributed by atoms with van der Waals surface area (Å²) >= 11 is 0. The number of ether oxygens (including phenoxy) is 1. The number of hydrogen-bond donors (Lipinski definition) is 2. The summed E-state index contributed by atoms with van der Waals surface area (Å²) in [6.07, 6.45) is 0. The molecule has 6 nitrogen and oxygen atoms in total. The van der Waals surface area contributed by atoms with Gasteiger partial charge in [0.2, 0.25) is 11.8 Å². The van der Waals surface area contributed by atoms with E-state index < -0.39 is 6.04 Å². The highest BCUT2D eigenvalue weighted by Gasteiger charge is 2.18. The van der Waals surface area contributed by atoms with Crippen LogP contribution in [0.2, 0.25) is 0 Å². The number of carbonyl (C=O) groups excluding carboxylic acids is 2. The minimum Gasteiger partial charge on any atom is -0.492 e. The third kappa shape index (κ3) is 6.69. The lowest BCUT2D eigenvalue weighted by atomic mass is 10.1. The van der Waals surface area contributed by atoms with Gasteiger partial charge in [0.05, 0.1) is 19.1 Å². The number of likely N-dealkylation sites (N-methyl/N-ethyl adjacent to an activating group) is 1. The number of aryl methyl sites for hydroxylation is 1. The van der Waals surface area contributed by atoms with Gasteiger partial charge in [-0.25, -0.2) is 0 Å². The number of nitrogens with zero attached hydrogens (tertiary/aromatic N) is 1. The fourth-order valence-corrected chi connectivity index (χ4v) is 1.85. The lowest BCUT2D eigenvalue weighted by molar-refractivity contribution is -0.132. The van der Waals surface area contributed by atoms with Crippen molar-refractivity contribution in [3.8, 4) is 5.75 Å². The average molecular weight is 321 g/mol. The number of rotatable bonds is 8. The summed E-state index contributed by atoms with van der Waals surface area (Å²) in [6.45, 7) is 6.50. The summed E-state index contributed by atoms with van der Waals surface area (Å²) < 4.78 is 5.60. The Labute approximate surface area is 138 Å². The topological polar surface area (TPSA) is 84.7 Å². The molecule has 23 heavy (non-hydrogen) atoms. The van der Waals surface area contributed by atoms with Crippen molar-refractivity contribution in [2.45, 2.75) is 26.8 Å². The van der Waals surface area contributed by atoms with E-state index in [1.807, 2.05) is 45.0 Å². The first-order valence-electron chi connectivity index (χ1n) is 7.78. The molecule has 1 atom stereocenters. The SMILES string of the molecule is Cc1cccc(OCCN(C)C(=O)CNC(=O)[C@@H](N)C(C)C)c1. The molecule has 0 spiro atoms. The van der Waals surface area contributed by atoms with E-state index in [1.54, 1.807) is 7.05 Å². The van der Waals surface area contributed by atoms with Gasteiger partial charge in [-0.1, -0.05) is 26.0 Å². The summed E-state index contributed by atoms with van der Waals surface area (Å²) in [4.78, 5) is 25.2. The Bertz CT molecular complexity index is 532. The Balaban J connectivity index is 2.30. The molecule has 0 bridgehead atoms. The van der Waals surface area contributed by atoms with Crippen molar-refractivity contribution < 1.29 is 14.3 Å². The normalized spacial score (nSPS) is 11.9. The van der Waals surface area contributed by atoms with Gasteiger partial charge in [-0.15, -0.1) is 0 Å². The van der Waals surface area contributed by atoms with Gasteiger partial charge in [0, 0.05) is 7.05 Å². The minimum absolute atomic E-state index is 0.0329. The van der Waals surface area contributed by atoms with Gasteiger partial charge in [0.1, 0.15) is 12.4 Å². The molecule has 6 heteroatoms. The molecule has 0 aromatic heterocycles. The molecule has 1 aromatic rings. The van der Waals surface area contributed by atoms with Crippen LogP contribution in [-0.4, -0.2) is 49.5 Å². The number of nitrogens with one attached hydrogen (secondary N) is 1. The zero-order chi connectivity index (χ0) is 17.4. The molecule has 0 unspecified atom stereocenters. The van der Waals surface area contributed by atoms with Gasteiger partial charge in [-0.2, -0.15) is 0 Å². The molecule has 0 saturated heterocycles. The van der Waals surface area contributed by atoms with Crippen molar-refractivity contribution in [2.24, 2.45) is 11.7 Å². The largest absolute Gasteiger partial charge is 0.492 e. The molecule has 3 N–H and O–H groups in total. The van der Waals surface area contributed by atoms with Crippen LogP contribution < -0.4 is 15.8 Å². The predicted molar refractivity (Wildman–Crippen MR) is 90.1 cm³/mol. The molecule has 1 rings (SSSR count). The average Bonchev–Trinajstić information content (AvgIpc) is 2.51. The first kappa shape index (κ1) is 19.0. The quantitative estimate of drug-likeness (QED) is 0.746. The van der Waals surface area contributed by atoms with Crippen molar-refractivity contribution in [1.82, 2.24) is 10.2 Å². The Morgan fingerprint density at radius 2 is 2.04 bits per heavy atom. The van der Waals surface area contributed by atoms with Gasteiger partial charge in [0.25, 0.3) is 0 Å². The highest BCUT2D eigenvalue weighted by Crippen LogP contribution is 2.11. The summed E-state index contributed by atoms with van der Waals surface area (Å²) in [5, 5.41) is 2.56. The first-order chi connectivity index (χ1) is 10.8. The molecule has 0 saturated carbocycles. The van der Waals surface area contributed by atoms with Gasteiger partial charge >= 0.3 is 0 Å². The molecule has 0 aliphatic carbocycles. The second kappa shape index (κ2) is 9.15. The maximum atomic E-state index is 12.0. The molecule has 2 amide bonds. The van der Waals surface area contributed by atoms with Gasteiger partial charge < -0.3 is 20.7 Å². The first-order valence-corrected chi connectivity index (χ1v) is 7.78. The van der Waals surface area contributed by atoms with E-state index in [2.05, 4.69) is 5.32 Å². The molecule has 0 aliphatic heterocycles. The molecular weight excluding hydrogens is 294 g/mol. The number of nitrogens with two attached hydrogens (primary N) is 1. The molecule has 0 fully saturated rings. The smallest absolute Gasteiger partial charge is 0.241 e. The zero-order valence-electron chi connectivity index (χ0n) is 14.3. The maximum Gasteiger partial charge on any atom is 0.241 e. The minimum atomic E-state index is -0.599. The number of amides is 2. The predicted octanol–water partition coefficient (Wildman–Crippen LogP) is 0.932. The highest BCUT2D eigenvalue weighted by molar-refractivity contribution is 5.87. The van der Waals surface area contributed by atoms with Crippen LogP contribution in [0.4, 0.5) is 0 Å². The second-order valence-electron chi connectivity index (χ2n) is 5.97. The summed E-state index contributed by atoms with van der Waals surface area (Å²) in [5.41, 5.74) is 6.84. The summed E-state index contributed by atoms with van der Waals surface area (Å²) in [5.74, 6) is 0.326. The van der Waals surface area contributed by atoms with E-state index in [0.29, 0.717) is 13.2 Å². The Morgan fingerprint density at radius 1 is 1.35 bits per heavy atom. The zero-order valence-corrected chi connectivity index (χ0v) is 14.3. The van der Waals surface area contributed by atoms with Gasteiger partial charge in [0.15, 0.2) is 0 Å². The third-order valence-corrected chi connectivity index (χ3v) is 3.55. The van der Waals surface area contributed by atoms with E-state index >= 15 is 0 Å². The van der Waals surface area contributed by atoms with E-state index in [1.165, 1.54) is 4.90 Å². The standard InChI is InChI=1S/C17H27N3O3/c1-12(2)16(18)17(22)19-11-15(21)20(4)8-9-23-14-7-5-6-13(3)10-14/h5-7,10,12,16H,8-9,11,18H2,1-4H3,(H,19,22)/t16-/m0/s1. The molecule has 1 aromatic carbocycles. The monoisotopic (exact) mass is 321 g/mol. The third-order valence-electron chi connectivity index (χ3n) is 3.55. The van der Waals surface area contributed by atoms with Crippen LogP contribution in [0.3, 0.4) is 0 Å². The van der Waals surface area contributed by atoms with Crippen molar-refractivity contribution in [3.63, 3.8) is 0 Å². The van der Waals surface area contributed by atoms with Crippen molar-refractivity contribution in [3.05, 3.63) is 29.8 Å². The van der Waals surface area contributed by atoms with Crippen LogP contribution in [0.15, 0.2) is 24.3 Å². The summed E-state index contributed by atoms with van der Waals surface area (Å²) in [7, 11) is 1.68. The Hall–Kier alpha value is -2.08. The van der Waals surface area contributed by atoms with Crippen LogP contribution in [-0.2, 0) is 9.59 Å². The Kier molecular flexibility index (Phi) is 7.54. The van der Waals surface area contributed by atoms with Gasteiger partial charge in [-0.05, 0) is 30.5 Å². The van der Waals surface area contributed by atoms with E-state index in [-0.39, 0.29) is 24.3 Å². The number of carbonyl (C=O) groups is 2. The van der Waals surface area contributed by atoms with E-state index in [9.17, 15) is 9.59 Å². The van der Waals surface area contributed by atoms with E-state index in [0.717, 1.165) is 11.3 Å². The molecule has 0 heterocycles. The van der Waals surface area contributed by atoms with Crippen molar-refractivity contribution in [2.75, 3.05) is 26.7 Å². The highest BCUT2D eigenvalue weighted by atomic mass is 16.5. The molecule has 128 valence electrons. The fraction of sp³-hybridized carbons (Fsp3) is 0.529. The van der Waals surface area contributed by atoms with Crippen LogP contribution in [0.25, 0.3) is 0 Å². The second-order valence-corrected chi connectivity index (χ2v) is 5.97. The van der Waals surface area contributed by atoms with Crippen molar-refractivity contribution >= 4 is 11.8 Å². The van der Waals surface area contributed by atoms with Crippen LogP contribution in [0, 0.1) is 12.8 Å². The molecule has 0 radical (unpaired) electrons. The molecular formula is C17H27N3O3. The Morgan fingerprint density at radius 3 is 2.65 bits per heavy atom. The van der Waals surface area contributed by atoms with E-state index in [4.69, 9.17) is 10.5 Å². The lowest BCUT2D eigenvalue weighted by Crippen LogP contribution is -2.47. The number of benzene rings is 1.